The van der Waals surface area contributed by atoms with Gasteiger partial charge < -0.3 is 4.98 Å². The predicted molar refractivity (Wildman–Crippen MR) is 111 cm³/mol. The number of hydrogen-bond acceptors (Lipinski definition) is 5. The summed E-state index contributed by atoms with van der Waals surface area (Å²) in [7, 11) is -1.98. The number of rotatable bonds is 6. The average Bonchev–Trinajstić information content (AvgIpc) is 3.34. The lowest BCUT2D eigenvalue weighted by molar-refractivity contribution is 0.589. The molecule has 0 aliphatic heterocycles. The molecule has 1 saturated carbocycles. The normalized spacial score (nSPS) is 14.6. The third-order valence-electron chi connectivity index (χ3n) is 5.17. The van der Waals surface area contributed by atoms with E-state index in [4.69, 9.17) is 0 Å². The van der Waals surface area contributed by atoms with Crippen LogP contribution >= 0.6 is 0 Å². The number of hydrogen-bond donors (Lipinski definition) is 2. The van der Waals surface area contributed by atoms with E-state index in [-0.39, 0.29) is 23.0 Å². The highest BCUT2D eigenvalue weighted by Gasteiger charge is 2.29. The third kappa shape index (κ3) is 3.71. The average molecular weight is 417 g/mol. The highest BCUT2D eigenvalue weighted by atomic mass is 32.2. The highest BCUT2D eigenvalue weighted by molar-refractivity contribution is 7.92. The number of sulfonamides is 1. The zero-order valence-corrected chi connectivity index (χ0v) is 17.3. The van der Waals surface area contributed by atoms with E-state index in [1.807, 2.05) is 19.9 Å². The first-order valence-corrected chi connectivity index (χ1v) is 11.1. The second-order valence-corrected chi connectivity index (χ2v) is 9.61. The lowest BCUT2D eigenvalue weighted by atomic mass is 9.93. The molecule has 0 unspecified atom stereocenters. The number of benzene rings is 1. The number of aromatic amines is 1. The van der Waals surface area contributed by atoms with Crippen molar-refractivity contribution in [1.82, 2.24) is 19.4 Å². The van der Waals surface area contributed by atoms with Gasteiger partial charge in [-0.05, 0) is 48.4 Å². The fourth-order valence-electron chi connectivity index (χ4n) is 3.47. The van der Waals surface area contributed by atoms with E-state index >= 15 is 0 Å². The van der Waals surface area contributed by atoms with Gasteiger partial charge in [-0.1, -0.05) is 13.8 Å². The fourth-order valence-corrected chi connectivity index (χ4v) is 4.94. The van der Waals surface area contributed by atoms with Crippen molar-refractivity contribution in [3.63, 3.8) is 0 Å². The van der Waals surface area contributed by atoms with Crippen molar-refractivity contribution in [1.29, 1.82) is 0 Å². The second-order valence-electron chi connectivity index (χ2n) is 7.87. The van der Waals surface area contributed by atoms with Crippen molar-refractivity contribution in [2.45, 2.75) is 32.6 Å². The van der Waals surface area contributed by atoms with Crippen molar-refractivity contribution < 1.29 is 8.42 Å². The molecule has 0 bridgehead atoms. The van der Waals surface area contributed by atoms with Crippen LogP contribution in [0.3, 0.4) is 0 Å². The number of fused-ring (bicyclic) bond motifs is 1. The summed E-state index contributed by atoms with van der Waals surface area (Å²) in [5.41, 5.74) is 1.42. The van der Waals surface area contributed by atoms with Crippen molar-refractivity contribution in [2.75, 3.05) is 10.6 Å². The molecule has 0 saturated heterocycles. The molecule has 2 aromatic heterocycles. The van der Waals surface area contributed by atoms with Gasteiger partial charge in [0.2, 0.25) is 10.0 Å². The minimum absolute atomic E-state index is 0.0905. The maximum Gasteiger partial charge on any atom is 0.348 e. The van der Waals surface area contributed by atoms with Gasteiger partial charge >= 0.3 is 5.69 Å². The van der Waals surface area contributed by atoms with Crippen LogP contribution in [0.5, 0.6) is 0 Å². The van der Waals surface area contributed by atoms with Gasteiger partial charge in [-0.15, -0.1) is 0 Å². The Balaban J connectivity index is 1.91. The first-order valence-electron chi connectivity index (χ1n) is 9.48. The number of nitrogens with zero attached hydrogens (tertiary/aromatic N) is 3. The van der Waals surface area contributed by atoms with Crippen LogP contribution in [0.1, 0.15) is 38.2 Å². The molecule has 9 nitrogen and oxygen atoms in total. The van der Waals surface area contributed by atoms with E-state index in [2.05, 4.69) is 14.9 Å². The third-order valence-corrected chi connectivity index (χ3v) is 6.54. The summed E-state index contributed by atoms with van der Waals surface area (Å²) in [4.78, 5) is 30.2. The maximum atomic E-state index is 13.0. The van der Waals surface area contributed by atoms with Crippen LogP contribution in [-0.2, 0) is 17.1 Å². The molecule has 1 aliphatic rings. The molecule has 1 fully saturated rings. The van der Waals surface area contributed by atoms with E-state index in [9.17, 15) is 18.0 Å². The van der Waals surface area contributed by atoms with Gasteiger partial charge in [0.25, 0.3) is 5.56 Å². The van der Waals surface area contributed by atoms with Crippen LogP contribution in [0, 0.1) is 5.92 Å². The predicted octanol–water partition coefficient (Wildman–Crippen LogP) is 1.50. The van der Waals surface area contributed by atoms with Gasteiger partial charge in [-0.3, -0.25) is 9.48 Å². The molecule has 1 aromatic carbocycles. The topological polar surface area (TPSA) is 119 Å². The Morgan fingerprint density at radius 1 is 1.28 bits per heavy atom. The Morgan fingerprint density at radius 3 is 2.59 bits per heavy atom. The lowest BCUT2D eigenvalue weighted by Gasteiger charge is -2.16. The second kappa shape index (κ2) is 6.87. The van der Waals surface area contributed by atoms with Crippen molar-refractivity contribution in [2.24, 2.45) is 13.0 Å². The summed E-state index contributed by atoms with van der Waals surface area (Å²) in [6, 6.07) is 5.30. The van der Waals surface area contributed by atoms with Crippen LogP contribution in [0.25, 0.3) is 22.2 Å². The Labute approximate surface area is 167 Å². The molecule has 1 aliphatic carbocycles. The van der Waals surface area contributed by atoms with Gasteiger partial charge in [-0.25, -0.2) is 18.0 Å². The minimum atomic E-state index is -3.79. The quantitative estimate of drug-likeness (QED) is 0.630. The van der Waals surface area contributed by atoms with Gasteiger partial charge in [-0.2, -0.15) is 9.77 Å². The van der Waals surface area contributed by atoms with E-state index in [0.717, 1.165) is 29.7 Å². The Morgan fingerprint density at radius 2 is 2.00 bits per heavy atom. The number of nitrogens with one attached hydrogen (secondary N) is 2. The number of aromatic nitrogens is 4. The minimum Gasteiger partial charge on any atom is -0.305 e. The first kappa shape index (κ1) is 19.4. The van der Waals surface area contributed by atoms with E-state index in [1.54, 1.807) is 30.1 Å². The summed E-state index contributed by atoms with van der Waals surface area (Å²) in [6.45, 7) is 4.04. The monoisotopic (exact) mass is 417 g/mol. The summed E-state index contributed by atoms with van der Waals surface area (Å²) < 4.78 is 26.8. The van der Waals surface area contributed by atoms with Gasteiger partial charge in [0.15, 0.2) is 0 Å². The molecule has 2 N–H and O–H groups in total. The molecule has 29 heavy (non-hydrogen) atoms. The maximum absolute atomic E-state index is 13.0. The molecular formula is C19H23N5O4S. The van der Waals surface area contributed by atoms with Gasteiger partial charge in [0.05, 0.1) is 22.3 Å². The standard InChI is InChI=1S/C19H23N5O4S/c1-11(2)13-9-16-15(8-14(13)17-6-7-20-23(17)3)18(25)24(19(26)21-16)22-29(27,28)10-12-4-5-12/h6-9,11-12,22H,4-5,10H2,1-3H3,(H,21,26). The SMILES string of the molecule is CC(C)c1cc2[nH]c(=O)n(NS(=O)(=O)CC3CC3)c(=O)c2cc1-c1ccnn1C. The number of aryl methyl sites for hydroxylation is 1. The van der Waals surface area contributed by atoms with Crippen molar-refractivity contribution in [3.05, 3.63) is 50.8 Å². The van der Waals surface area contributed by atoms with Crippen LogP contribution < -0.4 is 16.1 Å². The molecule has 2 heterocycles. The smallest absolute Gasteiger partial charge is 0.305 e. The number of H-pyrrole nitrogens is 1. The molecule has 3 aromatic rings. The molecule has 0 radical (unpaired) electrons. The summed E-state index contributed by atoms with van der Waals surface area (Å²) in [5.74, 6) is 0.129. The summed E-state index contributed by atoms with van der Waals surface area (Å²) in [6.07, 6.45) is 3.35. The molecule has 10 heteroatoms. The zero-order valence-electron chi connectivity index (χ0n) is 16.5. The van der Waals surface area contributed by atoms with Crippen molar-refractivity contribution in [3.8, 4) is 11.3 Å². The van der Waals surface area contributed by atoms with E-state index in [0.29, 0.717) is 10.2 Å². The van der Waals surface area contributed by atoms with Crippen LogP contribution in [-0.4, -0.2) is 33.6 Å². The lowest BCUT2D eigenvalue weighted by Crippen LogP contribution is -2.44. The fraction of sp³-hybridized carbons (Fsp3) is 0.421. The molecular weight excluding hydrogens is 394 g/mol. The van der Waals surface area contributed by atoms with E-state index < -0.39 is 21.3 Å². The first-order chi connectivity index (χ1) is 13.7. The Kier molecular flexibility index (Phi) is 4.60. The highest BCUT2D eigenvalue weighted by Crippen LogP contribution is 2.31. The summed E-state index contributed by atoms with van der Waals surface area (Å²) in [5, 5.41) is 4.41. The van der Waals surface area contributed by atoms with Crippen LogP contribution in [0.15, 0.2) is 34.0 Å². The molecule has 0 spiro atoms. The Bertz CT molecular complexity index is 1310. The van der Waals surface area contributed by atoms with Crippen molar-refractivity contribution >= 4 is 20.9 Å². The van der Waals surface area contributed by atoms with E-state index in [1.165, 1.54) is 0 Å². The van der Waals surface area contributed by atoms with Crippen LogP contribution in [0.2, 0.25) is 0 Å². The molecule has 0 atom stereocenters. The van der Waals surface area contributed by atoms with Gasteiger partial charge in [0.1, 0.15) is 0 Å². The largest absolute Gasteiger partial charge is 0.348 e. The Hall–Kier alpha value is -2.88. The molecule has 4 rings (SSSR count). The zero-order chi connectivity index (χ0) is 20.9. The molecule has 154 valence electrons. The molecule has 0 amide bonds. The summed E-state index contributed by atoms with van der Waals surface area (Å²) >= 11 is 0. The van der Waals surface area contributed by atoms with Gasteiger partial charge in [0, 0.05) is 18.8 Å². The van der Waals surface area contributed by atoms with Crippen LogP contribution in [0.4, 0.5) is 0 Å².